The van der Waals surface area contributed by atoms with Crippen molar-refractivity contribution in [2.24, 2.45) is 5.73 Å². The van der Waals surface area contributed by atoms with Crippen molar-refractivity contribution >= 4 is 42.4 Å². The van der Waals surface area contributed by atoms with Crippen molar-refractivity contribution in [3.63, 3.8) is 0 Å². The van der Waals surface area contributed by atoms with Crippen LogP contribution in [0.3, 0.4) is 0 Å². The summed E-state index contributed by atoms with van der Waals surface area (Å²) < 4.78 is 95.1. The SMILES string of the molecule is CS(=O)(=O)Nc1ccc2cc(C(N)=O)n(-c3cccc(S(=O)(=O)c4cccc(OC(F)(F)F)c4)c3)c2c1. The van der Waals surface area contributed by atoms with Crippen LogP contribution in [0.2, 0.25) is 0 Å². The number of hydrogen-bond donors (Lipinski definition) is 2. The molecule has 14 heteroatoms. The second-order valence-corrected chi connectivity index (χ2v) is 11.6. The molecule has 0 aliphatic rings. The smallest absolute Gasteiger partial charge is 0.406 e. The number of amides is 1. The number of nitrogens with two attached hydrogens (primary N) is 1. The molecule has 4 aromatic rings. The molecule has 1 aromatic heterocycles. The van der Waals surface area contributed by atoms with E-state index in [0.717, 1.165) is 30.5 Å². The van der Waals surface area contributed by atoms with Gasteiger partial charge in [0, 0.05) is 11.1 Å². The first-order chi connectivity index (χ1) is 17.1. The molecule has 3 N–H and O–H groups in total. The van der Waals surface area contributed by atoms with Gasteiger partial charge in [0.15, 0.2) is 0 Å². The van der Waals surface area contributed by atoms with E-state index in [4.69, 9.17) is 5.73 Å². The monoisotopic (exact) mass is 553 g/mol. The number of nitrogens with zero attached hydrogens (tertiary/aromatic N) is 1. The number of aromatic nitrogens is 1. The average Bonchev–Trinajstić information content (AvgIpc) is 3.16. The first-order valence-electron chi connectivity index (χ1n) is 10.3. The van der Waals surface area contributed by atoms with Crippen molar-refractivity contribution in [2.75, 3.05) is 11.0 Å². The quantitative estimate of drug-likeness (QED) is 0.357. The number of carbonyl (C=O) groups excluding carboxylic acids is 1. The fourth-order valence-corrected chi connectivity index (χ4v) is 5.59. The number of hydrogen-bond acceptors (Lipinski definition) is 6. The van der Waals surface area contributed by atoms with Gasteiger partial charge in [-0.25, -0.2) is 16.8 Å². The lowest BCUT2D eigenvalue weighted by Gasteiger charge is -2.13. The zero-order valence-electron chi connectivity index (χ0n) is 18.9. The molecule has 0 unspecified atom stereocenters. The third-order valence-electron chi connectivity index (χ3n) is 5.10. The van der Waals surface area contributed by atoms with Gasteiger partial charge in [-0.2, -0.15) is 0 Å². The molecule has 0 saturated heterocycles. The lowest BCUT2D eigenvalue weighted by Crippen LogP contribution is -2.17. The van der Waals surface area contributed by atoms with Gasteiger partial charge in [-0.15, -0.1) is 13.2 Å². The Hall–Kier alpha value is -4.04. The van der Waals surface area contributed by atoms with Crippen LogP contribution in [-0.2, 0) is 19.9 Å². The molecule has 194 valence electrons. The molecule has 0 saturated carbocycles. The second kappa shape index (κ2) is 9.12. The molecule has 0 spiro atoms. The summed E-state index contributed by atoms with van der Waals surface area (Å²) in [7, 11) is -7.93. The lowest BCUT2D eigenvalue weighted by molar-refractivity contribution is -0.274. The third kappa shape index (κ3) is 5.70. The Labute approximate surface area is 209 Å². The van der Waals surface area contributed by atoms with Crippen LogP contribution in [0.4, 0.5) is 18.9 Å². The molecular formula is C23H18F3N3O6S2. The minimum atomic E-state index is -5.01. The predicted octanol–water partition coefficient (Wildman–Crippen LogP) is 3.83. The number of carbonyl (C=O) groups is 1. The molecule has 37 heavy (non-hydrogen) atoms. The normalized spacial score (nSPS) is 12.4. The van der Waals surface area contributed by atoms with Crippen molar-refractivity contribution in [3.8, 4) is 11.4 Å². The van der Waals surface area contributed by atoms with Gasteiger partial charge in [-0.1, -0.05) is 18.2 Å². The molecule has 1 heterocycles. The highest BCUT2D eigenvalue weighted by molar-refractivity contribution is 7.92. The van der Waals surface area contributed by atoms with Crippen LogP contribution in [0.25, 0.3) is 16.6 Å². The van der Waals surface area contributed by atoms with Crippen molar-refractivity contribution in [3.05, 3.63) is 78.5 Å². The molecular weight excluding hydrogens is 535 g/mol. The van der Waals surface area contributed by atoms with Gasteiger partial charge in [0.1, 0.15) is 11.4 Å². The van der Waals surface area contributed by atoms with E-state index in [9.17, 15) is 34.8 Å². The number of rotatable bonds is 7. The maximum atomic E-state index is 13.3. The first kappa shape index (κ1) is 26.0. The van der Waals surface area contributed by atoms with Gasteiger partial charge in [-0.05, 0) is 54.6 Å². The van der Waals surface area contributed by atoms with Crippen LogP contribution in [0.15, 0.2) is 82.6 Å². The molecule has 3 aromatic carbocycles. The number of ether oxygens (including phenoxy) is 1. The Kier molecular flexibility index (Phi) is 6.42. The molecule has 1 amide bonds. The molecule has 0 atom stereocenters. The number of benzene rings is 3. The summed E-state index contributed by atoms with van der Waals surface area (Å²) >= 11 is 0. The zero-order valence-corrected chi connectivity index (χ0v) is 20.5. The third-order valence-corrected chi connectivity index (χ3v) is 7.45. The number of anilines is 1. The number of sulfonamides is 1. The maximum Gasteiger partial charge on any atom is 0.573 e. The van der Waals surface area contributed by atoms with Crippen LogP contribution >= 0.6 is 0 Å². The summed E-state index contributed by atoms with van der Waals surface area (Å²) in [6.07, 6.45) is -4.04. The van der Waals surface area contributed by atoms with Crippen molar-refractivity contribution < 1.29 is 39.5 Å². The van der Waals surface area contributed by atoms with E-state index in [-0.39, 0.29) is 22.0 Å². The number of alkyl halides is 3. The number of sulfone groups is 1. The van der Waals surface area contributed by atoms with Gasteiger partial charge in [0.05, 0.1) is 27.3 Å². The largest absolute Gasteiger partial charge is 0.573 e. The van der Waals surface area contributed by atoms with E-state index in [1.165, 1.54) is 47.0 Å². The summed E-state index contributed by atoms with van der Waals surface area (Å²) in [5.41, 5.74) is 6.25. The summed E-state index contributed by atoms with van der Waals surface area (Å²) in [5, 5.41) is 0.512. The Morgan fingerprint density at radius 3 is 2.19 bits per heavy atom. The fourth-order valence-electron chi connectivity index (χ4n) is 3.70. The van der Waals surface area contributed by atoms with Gasteiger partial charge >= 0.3 is 6.36 Å². The molecule has 9 nitrogen and oxygen atoms in total. The van der Waals surface area contributed by atoms with E-state index in [1.54, 1.807) is 6.07 Å². The van der Waals surface area contributed by atoms with Gasteiger partial charge < -0.3 is 15.0 Å². The van der Waals surface area contributed by atoms with E-state index >= 15 is 0 Å². The Morgan fingerprint density at radius 2 is 1.57 bits per heavy atom. The molecule has 4 rings (SSSR count). The number of fused-ring (bicyclic) bond motifs is 1. The van der Waals surface area contributed by atoms with Gasteiger partial charge in [-0.3, -0.25) is 9.52 Å². The minimum Gasteiger partial charge on any atom is -0.406 e. The Morgan fingerprint density at radius 1 is 0.919 bits per heavy atom. The van der Waals surface area contributed by atoms with Crippen LogP contribution in [-0.4, -0.2) is 39.9 Å². The standard InChI is InChI=1S/C23H18F3N3O6S2/c1-36(31,32)28-15-9-8-14-10-21(22(27)30)29(20(14)11-15)16-4-2-6-18(12-16)37(33,34)19-7-3-5-17(13-19)35-23(24,25)26/h2-13,28H,1H3,(H2,27,30). The maximum absolute atomic E-state index is 13.3. The highest BCUT2D eigenvalue weighted by atomic mass is 32.2. The highest BCUT2D eigenvalue weighted by Crippen LogP contribution is 2.31. The summed E-state index contributed by atoms with van der Waals surface area (Å²) in [4.78, 5) is 11.5. The van der Waals surface area contributed by atoms with Crippen molar-refractivity contribution in [1.82, 2.24) is 4.57 Å². The Balaban J connectivity index is 1.85. The van der Waals surface area contributed by atoms with E-state index in [2.05, 4.69) is 9.46 Å². The van der Waals surface area contributed by atoms with E-state index < -0.39 is 42.8 Å². The highest BCUT2D eigenvalue weighted by Gasteiger charge is 2.31. The second-order valence-electron chi connectivity index (χ2n) is 7.90. The Bertz CT molecular complexity index is 1750. The van der Waals surface area contributed by atoms with Crippen molar-refractivity contribution in [2.45, 2.75) is 16.2 Å². The van der Waals surface area contributed by atoms with Gasteiger partial charge in [0.25, 0.3) is 5.91 Å². The summed E-state index contributed by atoms with van der Waals surface area (Å²) in [6, 6.07) is 15.2. The van der Waals surface area contributed by atoms with Crippen LogP contribution < -0.4 is 15.2 Å². The molecule has 0 aliphatic carbocycles. The van der Waals surface area contributed by atoms with Crippen LogP contribution in [0.1, 0.15) is 10.5 Å². The van der Waals surface area contributed by atoms with Crippen LogP contribution in [0.5, 0.6) is 5.75 Å². The topological polar surface area (TPSA) is 138 Å². The summed E-state index contributed by atoms with van der Waals surface area (Å²) in [5.74, 6) is -1.54. The van der Waals surface area contributed by atoms with E-state index in [0.29, 0.717) is 10.9 Å². The van der Waals surface area contributed by atoms with Crippen LogP contribution in [0, 0.1) is 0 Å². The first-order valence-corrected chi connectivity index (χ1v) is 13.7. The predicted molar refractivity (Wildman–Crippen MR) is 129 cm³/mol. The molecule has 0 radical (unpaired) electrons. The molecule has 0 fully saturated rings. The van der Waals surface area contributed by atoms with E-state index in [1.807, 2.05) is 0 Å². The van der Waals surface area contributed by atoms with Gasteiger partial charge in [0.2, 0.25) is 19.9 Å². The molecule has 0 aliphatic heterocycles. The van der Waals surface area contributed by atoms with Crippen molar-refractivity contribution in [1.29, 1.82) is 0 Å². The molecule has 0 bridgehead atoms. The summed E-state index contributed by atoms with van der Waals surface area (Å²) in [6.45, 7) is 0. The number of nitrogens with one attached hydrogen (secondary N) is 1. The minimum absolute atomic E-state index is 0.0124. The number of primary amides is 1. The fraction of sp³-hybridized carbons (Fsp3) is 0.0870. The lowest BCUT2D eigenvalue weighted by atomic mass is 10.2. The number of halogens is 3. The average molecular weight is 554 g/mol. The zero-order chi connectivity index (χ0) is 27.2.